The highest BCUT2D eigenvalue weighted by atomic mass is 16.6. The Morgan fingerprint density at radius 2 is 1.88 bits per heavy atom. The summed E-state index contributed by atoms with van der Waals surface area (Å²) in [6, 6.07) is 13.5. The molecule has 2 heterocycles. The molecule has 2 aromatic rings. The van der Waals surface area contributed by atoms with Crippen LogP contribution >= 0.6 is 0 Å². The molecule has 2 aliphatic heterocycles. The first-order valence-corrected chi connectivity index (χ1v) is 10.6. The monoisotopic (exact) mass is 441 g/mol. The molecule has 0 bridgehead atoms. The summed E-state index contributed by atoms with van der Waals surface area (Å²) in [7, 11) is 1.57. The van der Waals surface area contributed by atoms with Crippen molar-refractivity contribution in [3.05, 3.63) is 48.5 Å². The highest BCUT2D eigenvalue weighted by Crippen LogP contribution is 2.33. The van der Waals surface area contributed by atoms with Gasteiger partial charge in [-0.3, -0.25) is 4.79 Å². The number of ether oxygens (including phenoxy) is 4. The summed E-state index contributed by atoms with van der Waals surface area (Å²) in [4.78, 5) is 27.4. The molecule has 0 radical (unpaired) electrons. The number of amides is 3. The smallest absolute Gasteiger partial charge is 0.322 e. The topological polar surface area (TPSA) is 98.4 Å². The average molecular weight is 441 g/mol. The standard InChI is InChI=1S/C23H27N3O6/c1-29-10-9-24-22(27)19-14-18(32-17-5-3-2-4-6-17)15-26(19)23(28)25-16-7-8-20-21(13-16)31-12-11-30-20/h2-8,13,18-19H,9-12,14-15H2,1H3,(H,24,27)(H,25,28)/t18-,19+/m0/s1. The van der Waals surface area contributed by atoms with Crippen LogP contribution in [0.5, 0.6) is 17.2 Å². The van der Waals surface area contributed by atoms with Crippen LogP contribution in [0.15, 0.2) is 48.5 Å². The number of likely N-dealkylation sites (tertiary alicyclic amines) is 1. The molecule has 0 aliphatic carbocycles. The molecule has 2 aliphatic rings. The summed E-state index contributed by atoms with van der Waals surface area (Å²) in [5.41, 5.74) is 0.560. The van der Waals surface area contributed by atoms with Crippen molar-refractivity contribution in [1.82, 2.24) is 10.2 Å². The molecule has 2 atom stereocenters. The van der Waals surface area contributed by atoms with Crippen LogP contribution in [-0.2, 0) is 9.53 Å². The minimum Gasteiger partial charge on any atom is -0.488 e. The molecule has 2 aromatic carbocycles. The van der Waals surface area contributed by atoms with Crippen LogP contribution in [0.3, 0.4) is 0 Å². The lowest BCUT2D eigenvalue weighted by atomic mass is 10.2. The number of hydrogen-bond donors (Lipinski definition) is 2. The number of hydrogen-bond acceptors (Lipinski definition) is 6. The molecule has 1 fully saturated rings. The van der Waals surface area contributed by atoms with E-state index in [1.807, 2.05) is 30.3 Å². The van der Waals surface area contributed by atoms with E-state index in [0.29, 0.717) is 55.7 Å². The molecular formula is C23H27N3O6. The minimum absolute atomic E-state index is 0.237. The third-order valence-electron chi connectivity index (χ3n) is 5.27. The zero-order chi connectivity index (χ0) is 22.3. The second kappa shape index (κ2) is 10.2. The molecule has 170 valence electrons. The van der Waals surface area contributed by atoms with Gasteiger partial charge in [-0.15, -0.1) is 0 Å². The number of para-hydroxylation sites is 1. The summed E-state index contributed by atoms with van der Waals surface area (Å²) >= 11 is 0. The zero-order valence-electron chi connectivity index (χ0n) is 17.9. The molecule has 0 unspecified atom stereocenters. The van der Waals surface area contributed by atoms with Crippen LogP contribution in [0.2, 0.25) is 0 Å². The SMILES string of the molecule is COCCNC(=O)[C@H]1C[C@H](Oc2ccccc2)CN1C(=O)Nc1ccc2c(c1)OCCO2. The maximum atomic E-state index is 13.1. The quantitative estimate of drug-likeness (QED) is 0.640. The average Bonchev–Trinajstić information content (AvgIpc) is 3.24. The van der Waals surface area contributed by atoms with Crippen LogP contribution in [-0.4, -0.2) is 69.0 Å². The van der Waals surface area contributed by atoms with E-state index in [2.05, 4.69) is 10.6 Å². The summed E-state index contributed by atoms with van der Waals surface area (Å²) < 4.78 is 22.1. The predicted molar refractivity (Wildman–Crippen MR) is 117 cm³/mol. The van der Waals surface area contributed by atoms with E-state index in [4.69, 9.17) is 18.9 Å². The Hall–Kier alpha value is -3.46. The highest BCUT2D eigenvalue weighted by Gasteiger charge is 2.40. The second-order valence-corrected chi connectivity index (χ2v) is 7.53. The predicted octanol–water partition coefficient (Wildman–Crippen LogP) is 2.27. The molecule has 1 saturated heterocycles. The number of anilines is 1. The summed E-state index contributed by atoms with van der Waals surface area (Å²) in [5, 5.41) is 5.68. The number of fused-ring (bicyclic) bond motifs is 1. The number of rotatable bonds is 7. The van der Waals surface area contributed by atoms with Crippen molar-refractivity contribution in [2.45, 2.75) is 18.6 Å². The van der Waals surface area contributed by atoms with Crippen molar-refractivity contribution in [3.8, 4) is 17.2 Å². The van der Waals surface area contributed by atoms with Gasteiger partial charge in [0.05, 0.1) is 13.2 Å². The van der Waals surface area contributed by atoms with E-state index in [-0.39, 0.29) is 24.6 Å². The molecule has 0 saturated carbocycles. The Labute approximate surface area is 186 Å². The molecule has 0 spiro atoms. The van der Waals surface area contributed by atoms with E-state index in [1.54, 1.807) is 25.3 Å². The van der Waals surface area contributed by atoms with Crippen molar-refractivity contribution in [3.63, 3.8) is 0 Å². The van der Waals surface area contributed by atoms with Crippen LogP contribution in [0.25, 0.3) is 0 Å². The first-order valence-electron chi connectivity index (χ1n) is 10.6. The van der Waals surface area contributed by atoms with Gasteiger partial charge in [-0.25, -0.2) is 4.79 Å². The van der Waals surface area contributed by atoms with Crippen LogP contribution in [0, 0.1) is 0 Å². The van der Waals surface area contributed by atoms with Crippen molar-refractivity contribution in [2.75, 3.05) is 45.3 Å². The van der Waals surface area contributed by atoms with Gasteiger partial charge in [0.2, 0.25) is 5.91 Å². The van der Waals surface area contributed by atoms with Crippen molar-refractivity contribution >= 4 is 17.6 Å². The number of nitrogens with one attached hydrogen (secondary N) is 2. The van der Waals surface area contributed by atoms with Crippen molar-refractivity contribution in [1.29, 1.82) is 0 Å². The number of methoxy groups -OCH3 is 1. The Balaban J connectivity index is 1.46. The van der Waals surface area contributed by atoms with Gasteiger partial charge >= 0.3 is 6.03 Å². The Morgan fingerprint density at radius 1 is 1.09 bits per heavy atom. The fraction of sp³-hybridized carbons (Fsp3) is 0.391. The van der Waals surface area contributed by atoms with E-state index in [0.717, 1.165) is 0 Å². The van der Waals surface area contributed by atoms with Gasteiger partial charge in [0.15, 0.2) is 11.5 Å². The zero-order valence-corrected chi connectivity index (χ0v) is 17.9. The molecule has 3 amide bonds. The number of nitrogens with zero attached hydrogens (tertiary/aromatic N) is 1. The summed E-state index contributed by atoms with van der Waals surface area (Å²) in [5.74, 6) is 1.68. The number of carbonyl (C=O) groups excluding carboxylic acids is 2. The van der Waals surface area contributed by atoms with E-state index in [1.165, 1.54) is 4.90 Å². The van der Waals surface area contributed by atoms with E-state index >= 15 is 0 Å². The van der Waals surface area contributed by atoms with E-state index < -0.39 is 6.04 Å². The van der Waals surface area contributed by atoms with Gasteiger partial charge < -0.3 is 34.5 Å². The molecule has 4 rings (SSSR count). The number of carbonyl (C=O) groups is 2. The van der Waals surface area contributed by atoms with Gasteiger partial charge in [0.25, 0.3) is 0 Å². The Morgan fingerprint density at radius 3 is 2.66 bits per heavy atom. The van der Waals surface area contributed by atoms with Crippen molar-refractivity contribution in [2.24, 2.45) is 0 Å². The van der Waals surface area contributed by atoms with Crippen LogP contribution < -0.4 is 24.8 Å². The fourth-order valence-corrected chi connectivity index (χ4v) is 3.76. The fourth-order valence-electron chi connectivity index (χ4n) is 3.76. The third-order valence-corrected chi connectivity index (χ3v) is 5.27. The maximum absolute atomic E-state index is 13.1. The molecule has 9 heteroatoms. The van der Waals surface area contributed by atoms with Gasteiger partial charge in [-0.1, -0.05) is 18.2 Å². The van der Waals surface area contributed by atoms with E-state index in [9.17, 15) is 9.59 Å². The molecule has 32 heavy (non-hydrogen) atoms. The summed E-state index contributed by atoms with van der Waals surface area (Å²) in [6.45, 7) is 2.00. The lowest BCUT2D eigenvalue weighted by molar-refractivity contribution is -0.124. The first kappa shape index (κ1) is 21.8. The molecular weight excluding hydrogens is 414 g/mol. The lowest BCUT2D eigenvalue weighted by Crippen LogP contribution is -2.48. The van der Waals surface area contributed by atoms with Crippen molar-refractivity contribution < 1.29 is 28.5 Å². The Kier molecular flexibility index (Phi) is 6.96. The number of urea groups is 1. The Bertz CT molecular complexity index is 939. The van der Waals surface area contributed by atoms with Crippen LogP contribution in [0.4, 0.5) is 10.5 Å². The second-order valence-electron chi connectivity index (χ2n) is 7.53. The first-order chi connectivity index (χ1) is 15.6. The maximum Gasteiger partial charge on any atom is 0.322 e. The molecule has 2 N–H and O–H groups in total. The lowest BCUT2D eigenvalue weighted by Gasteiger charge is -2.24. The van der Waals surface area contributed by atoms with Gasteiger partial charge in [-0.2, -0.15) is 0 Å². The normalized spacial score (nSPS) is 19.3. The molecule has 0 aromatic heterocycles. The number of benzene rings is 2. The molecule has 9 nitrogen and oxygen atoms in total. The largest absolute Gasteiger partial charge is 0.488 e. The third kappa shape index (κ3) is 5.23. The highest BCUT2D eigenvalue weighted by molar-refractivity contribution is 5.94. The van der Waals surface area contributed by atoms with Gasteiger partial charge in [-0.05, 0) is 24.3 Å². The summed E-state index contributed by atoms with van der Waals surface area (Å²) in [6.07, 6.45) is 0.0871. The van der Waals surface area contributed by atoms with Gasteiger partial charge in [0.1, 0.15) is 31.1 Å². The van der Waals surface area contributed by atoms with Gasteiger partial charge in [0, 0.05) is 31.8 Å². The van der Waals surface area contributed by atoms with Crippen LogP contribution in [0.1, 0.15) is 6.42 Å². The minimum atomic E-state index is -0.655.